The van der Waals surface area contributed by atoms with Crippen molar-refractivity contribution in [3.63, 3.8) is 0 Å². The molecule has 0 radical (unpaired) electrons. The number of phenols is 1. The second-order valence-corrected chi connectivity index (χ2v) is 5.56. The molecule has 1 unspecified atom stereocenters. The Balaban J connectivity index is 2.05. The van der Waals surface area contributed by atoms with E-state index in [1.54, 1.807) is 6.20 Å². The lowest BCUT2D eigenvalue weighted by Gasteiger charge is -2.18. The van der Waals surface area contributed by atoms with Gasteiger partial charge in [-0.15, -0.1) is 0 Å². The number of phenolic OH excluding ortho intramolecular Hbond substituents is 1. The number of aryl methyl sites for hydroxylation is 2. The molecule has 2 N–H and O–H groups in total. The van der Waals surface area contributed by atoms with E-state index < -0.39 is 0 Å². The minimum absolute atomic E-state index is 0.0692. The van der Waals surface area contributed by atoms with Crippen molar-refractivity contribution in [1.29, 1.82) is 0 Å². The largest absolute Gasteiger partial charge is 0.505 e. The van der Waals surface area contributed by atoms with Gasteiger partial charge in [-0.1, -0.05) is 12.1 Å². The van der Waals surface area contributed by atoms with Crippen LogP contribution in [-0.4, -0.2) is 15.1 Å². The molecule has 2 aromatic heterocycles. The maximum Gasteiger partial charge on any atom is 0.147 e. The Morgan fingerprint density at radius 1 is 1.14 bits per heavy atom. The third-order valence-electron chi connectivity index (χ3n) is 3.82. The first-order valence-corrected chi connectivity index (χ1v) is 7.33. The van der Waals surface area contributed by atoms with Crippen LogP contribution in [0.5, 0.6) is 5.75 Å². The highest BCUT2D eigenvalue weighted by molar-refractivity contribution is 5.89. The summed E-state index contributed by atoms with van der Waals surface area (Å²) in [6, 6.07) is 11.6. The summed E-state index contributed by atoms with van der Waals surface area (Å²) in [6.07, 6.45) is 1.74. The minimum Gasteiger partial charge on any atom is -0.505 e. The fourth-order valence-electron chi connectivity index (χ4n) is 2.65. The van der Waals surface area contributed by atoms with Crippen LogP contribution in [0.25, 0.3) is 10.9 Å². The monoisotopic (exact) mass is 293 g/mol. The predicted molar refractivity (Wildman–Crippen MR) is 89.2 cm³/mol. The number of nitrogens with zero attached hydrogens (tertiary/aromatic N) is 2. The third kappa shape index (κ3) is 2.60. The van der Waals surface area contributed by atoms with E-state index in [4.69, 9.17) is 0 Å². The van der Waals surface area contributed by atoms with Crippen LogP contribution in [0, 0.1) is 13.8 Å². The van der Waals surface area contributed by atoms with E-state index in [1.807, 2.05) is 57.2 Å². The van der Waals surface area contributed by atoms with Crippen molar-refractivity contribution in [2.24, 2.45) is 0 Å². The molecule has 1 atom stereocenters. The summed E-state index contributed by atoms with van der Waals surface area (Å²) in [4.78, 5) is 8.76. The molecule has 0 bridgehead atoms. The molecule has 0 saturated carbocycles. The number of anilines is 1. The maximum absolute atomic E-state index is 10.6. The number of pyridine rings is 2. The molecule has 4 heteroatoms. The normalized spacial score (nSPS) is 12.3. The van der Waals surface area contributed by atoms with Gasteiger partial charge in [0.15, 0.2) is 0 Å². The smallest absolute Gasteiger partial charge is 0.147 e. The van der Waals surface area contributed by atoms with Gasteiger partial charge in [0.05, 0.1) is 6.04 Å². The van der Waals surface area contributed by atoms with Gasteiger partial charge in [-0.05, 0) is 50.6 Å². The molecule has 0 saturated heterocycles. The van der Waals surface area contributed by atoms with Crippen molar-refractivity contribution < 1.29 is 5.11 Å². The van der Waals surface area contributed by atoms with Crippen LogP contribution >= 0.6 is 0 Å². The number of aromatic nitrogens is 2. The Hall–Kier alpha value is -2.62. The molecule has 4 nitrogen and oxygen atoms in total. The van der Waals surface area contributed by atoms with Crippen molar-refractivity contribution in [2.45, 2.75) is 26.8 Å². The molecule has 0 fully saturated rings. The standard InChI is InChI=1S/C18H19N3O/c1-11-10-15(13(3)21-16-6-4-5-9-19-16)18(22)17-14(11)8-7-12(2)20-17/h4-10,13,22H,1-3H3,(H,19,21). The van der Waals surface area contributed by atoms with Crippen LogP contribution in [0.4, 0.5) is 5.82 Å². The number of rotatable bonds is 3. The molecule has 0 spiro atoms. The summed E-state index contributed by atoms with van der Waals surface area (Å²) in [5.41, 5.74) is 3.48. The highest BCUT2D eigenvalue weighted by atomic mass is 16.3. The van der Waals surface area contributed by atoms with Crippen molar-refractivity contribution in [3.8, 4) is 5.75 Å². The topological polar surface area (TPSA) is 58.0 Å². The van der Waals surface area contributed by atoms with Gasteiger partial charge in [0, 0.05) is 22.8 Å². The zero-order chi connectivity index (χ0) is 15.7. The van der Waals surface area contributed by atoms with Crippen molar-refractivity contribution in [3.05, 3.63) is 59.4 Å². The van der Waals surface area contributed by atoms with E-state index in [0.29, 0.717) is 5.52 Å². The first-order chi connectivity index (χ1) is 10.6. The summed E-state index contributed by atoms with van der Waals surface area (Å²) >= 11 is 0. The first-order valence-electron chi connectivity index (χ1n) is 7.33. The molecule has 2 heterocycles. The van der Waals surface area contributed by atoms with Crippen LogP contribution < -0.4 is 5.32 Å². The highest BCUT2D eigenvalue weighted by Gasteiger charge is 2.16. The van der Waals surface area contributed by atoms with Crippen LogP contribution in [0.1, 0.15) is 29.8 Å². The van der Waals surface area contributed by atoms with Gasteiger partial charge in [0.25, 0.3) is 0 Å². The summed E-state index contributed by atoms with van der Waals surface area (Å²) in [7, 11) is 0. The lowest BCUT2D eigenvalue weighted by Crippen LogP contribution is -2.08. The number of hydrogen-bond donors (Lipinski definition) is 2. The number of nitrogens with one attached hydrogen (secondary N) is 1. The Kier molecular flexibility index (Phi) is 3.67. The van der Waals surface area contributed by atoms with E-state index in [0.717, 1.165) is 28.0 Å². The predicted octanol–water partition coefficient (Wildman–Crippen LogP) is 4.13. The maximum atomic E-state index is 10.6. The van der Waals surface area contributed by atoms with Crippen LogP contribution in [0.15, 0.2) is 42.6 Å². The minimum atomic E-state index is -0.0692. The molecule has 0 amide bonds. The van der Waals surface area contributed by atoms with Crippen molar-refractivity contribution in [2.75, 3.05) is 5.32 Å². The average Bonchev–Trinajstić information content (AvgIpc) is 2.51. The Morgan fingerprint density at radius 3 is 2.68 bits per heavy atom. The van der Waals surface area contributed by atoms with E-state index in [1.165, 1.54) is 0 Å². The SMILES string of the molecule is Cc1ccc2c(C)cc(C(C)Nc3ccccn3)c(O)c2n1. The highest BCUT2D eigenvalue weighted by Crippen LogP contribution is 2.34. The number of benzene rings is 1. The van der Waals surface area contributed by atoms with Crippen LogP contribution in [-0.2, 0) is 0 Å². The van der Waals surface area contributed by atoms with Gasteiger partial charge in [-0.3, -0.25) is 0 Å². The Labute approximate surface area is 129 Å². The molecule has 3 aromatic rings. The van der Waals surface area contributed by atoms with Crippen LogP contribution in [0.3, 0.4) is 0 Å². The van der Waals surface area contributed by atoms with Crippen molar-refractivity contribution in [1.82, 2.24) is 9.97 Å². The van der Waals surface area contributed by atoms with Gasteiger partial charge in [0.2, 0.25) is 0 Å². The van der Waals surface area contributed by atoms with Gasteiger partial charge in [0.1, 0.15) is 17.1 Å². The summed E-state index contributed by atoms with van der Waals surface area (Å²) in [5, 5.41) is 14.9. The quantitative estimate of drug-likeness (QED) is 0.762. The summed E-state index contributed by atoms with van der Waals surface area (Å²) in [5.74, 6) is 1.02. The third-order valence-corrected chi connectivity index (χ3v) is 3.82. The molecule has 0 aliphatic carbocycles. The Bertz CT molecular complexity index is 815. The van der Waals surface area contributed by atoms with Gasteiger partial charge in [-0.2, -0.15) is 0 Å². The lowest BCUT2D eigenvalue weighted by atomic mass is 9.99. The van der Waals surface area contributed by atoms with Gasteiger partial charge < -0.3 is 10.4 Å². The number of fused-ring (bicyclic) bond motifs is 1. The fraction of sp³-hybridized carbons (Fsp3) is 0.222. The average molecular weight is 293 g/mol. The summed E-state index contributed by atoms with van der Waals surface area (Å²) in [6.45, 7) is 5.97. The zero-order valence-corrected chi connectivity index (χ0v) is 13.0. The molecule has 22 heavy (non-hydrogen) atoms. The fourth-order valence-corrected chi connectivity index (χ4v) is 2.65. The second kappa shape index (κ2) is 5.64. The van der Waals surface area contributed by atoms with E-state index in [2.05, 4.69) is 15.3 Å². The molecule has 0 aliphatic rings. The number of aromatic hydroxyl groups is 1. The molecular formula is C18H19N3O. The summed E-state index contributed by atoms with van der Waals surface area (Å²) < 4.78 is 0. The Morgan fingerprint density at radius 2 is 1.95 bits per heavy atom. The van der Waals surface area contributed by atoms with Gasteiger partial charge >= 0.3 is 0 Å². The van der Waals surface area contributed by atoms with E-state index in [-0.39, 0.29) is 11.8 Å². The van der Waals surface area contributed by atoms with Crippen LogP contribution in [0.2, 0.25) is 0 Å². The molecular weight excluding hydrogens is 274 g/mol. The molecule has 1 aromatic carbocycles. The van der Waals surface area contributed by atoms with Crippen molar-refractivity contribution >= 4 is 16.7 Å². The van der Waals surface area contributed by atoms with E-state index in [9.17, 15) is 5.11 Å². The van der Waals surface area contributed by atoms with Gasteiger partial charge in [-0.25, -0.2) is 9.97 Å². The number of hydrogen-bond acceptors (Lipinski definition) is 4. The molecule has 112 valence electrons. The molecule has 3 rings (SSSR count). The lowest BCUT2D eigenvalue weighted by molar-refractivity contribution is 0.470. The van der Waals surface area contributed by atoms with E-state index >= 15 is 0 Å². The first kappa shape index (κ1) is 14.3. The molecule has 0 aliphatic heterocycles. The second-order valence-electron chi connectivity index (χ2n) is 5.56. The zero-order valence-electron chi connectivity index (χ0n) is 13.0.